The van der Waals surface area contributed by atoms with Gasteiger partial charge in [-0.3, -0.25) is 9.63 Å². The van der Waals surface area contributed by atoms with Gasteiger partial charge in [-0.25, -0.2) is 5.06 Å². The normalized spacial score (nSPS) is 16.6. The molecule has 0 saturated carbocycles. The fourth-order valence-electron chi connectivity index (χ4n) is 1.93. The predicted octanol–water partition coefficient (Wildman–Crippen LogP) is 3.00. The molecular weight excluding hydrogens is 284 g/mol. The number of rotatable bonds is 2. The number of hydrogen-bond acceptors (Lipinski definition) is 2. The number of aromatic nitrogens is 1. The van der Waals surface area contributed by atoms with E-state index in [4.69, 9.17) is 4.84 Å². The molecule has 1 aliphatic rings. The summed E-state index contributed by atoms with van der Waals surface area (Å²) < 4.78 is 2.89. The SMILES string of the molecule is CC(C)n1cc(Br)cc1C(=O)N1CCCCO1. The third kappa shape index (κ3) is 2.72. The largest absolute Gasteiger partial charge is 0.340 e. The molecule has 1 aromatic rings. The lowest BCUT2D eigenvalue weighted by Gasteiger charge is -2.26. The Balaban J connectivity index is 2.23. The average Bonchev–Trinajstić information content (AvgIpc) is 2.72. The van der Waals surface area contributed by atoms with Crippen molar-refractivity contribution in [2.45, 2.75) is 32.7 Å². The van der Waals surface area contributed by atoms with Gasteiger partial charge in [-0.1, -0.05) is 0 Å². The molecule has 94 valence electrons. The van der Waals surface area contributed by atoms with Gasteiger partial charge in [0.05, 0.1) is 6.61 Å². The van der Waals surface area contributed by atoms with Crippen molar-refractivity contribution in [3.63, 3.8) is 0 Å². The van der Waals surface area contributed by atoms with Gasteiger partial charge in [-0.05, 0) is 48.7 Å². The van der Waals surface area contributed by atoms with Crippen molar-refractivity contribution in [1.29, 1.82) is 0 Å². The fourth-order valence-corrected chi connectivity index (χ4v) is 2.37. The molecule has 1 fully saturated rings. The summed E-state index contributed by atoms with van der Waals surface area (Å²) in [5.74, 6) is -0.0518. The van der Waals surface area contributed by atoms with E-state index in [-0.39, 0.29) is 11.9 Å². The molecule has 17 heavy (non-hydrogen) atoms. The van der Waals surface area contributed by atoms with E-state index in [9.17, 15) is 4.79 Å². The first-order valence-electron chi connectivity index (χ1n) is 5.91. The molecular formula is C12H17BrN2O2. The van der Waals surface area contributed by atoms with Crippen LogP contribution in [0.1, 0.15) is 43.2 Å². The van der Waals surface area contributed by atoms with Crippen molar-refractivity contribution in [2.75, 3.05) is 13.2 Å². The summed E-state index contributed by atoms with van der Waals surface area (Å²) in [5.41, 5.74) is 0.675. The van der Waals surface area contributed by atoms with Crippen molar-refractivity contribution in [3.05, 3.63) is 22.4 Å². The second-order valence-electron chi connectivity index (χ2n) is 4.49. The summed E-state index contributed by atoms with van der Waals surface area (Å²) in [6.45, 7) is 5.43. The third-order valence-corrected chi connectivity index (χ3v) is 3.25. The number of nitrogens with zero attached hydrogens (tertiary/aromatic N) is 2. The van der Waals surface area contributed by atoms with Crippen LogP contribution in [0.5, 0.6) is 0 Å². The Labute approximate surface area is 110 Å². The first-order valence-corrected chi connectivity index (χ1v) is 6.71. The molecule has 0 radical (unpaired) electrons. The summed E-state index contributed by atoms with van der Waals surface area (Å²) in [7, 11) is 0. The standard InChI is InChI=1S/C12H17BrN2O2/c1-9(2)14-8-10(13)7-11(14)12(16)15-5-3-4-6-17-15/h7-9H,3-6H2,1-2H3. The molecule has 2 rings (SSSR count). The zero-order valence-electron chi connectivity index (χ0n) is 10.1. The maximum Gasteiger partial charge on any atom is 0.294 e. The second-order valence-corrected chi connectivity index (χ2v) is 5.41. The molecule has 1 aliphatic heterocycles. The summed E-state index contributed by atoms with van der Waals surface area (Å²) in [6.07, 6.45) is 3.97. The Morgan fingerprint density at radius 3 is 2.82 bits per heavy atom. The minimum absolute atomic E-state index is 0.0518. The van der Waals surface area contributed by atoms with E-state index < -0.39 is 0 Å². The van der Waals surface area contributed by atoms with E-state index >= 15 is 0 Å². The van der Waals surface area contributed by atoms with Crippen LogP contribution in [0.4, 0.5) is 0 Å². The molecule has 5 heteroatoms. The zero-order valence-corrected chi connectivity index (χ0v) is 11.7. The molecule has 0 atom stereocenters. The first-order chi connectivity index (χ1) is 8.09. The molecule has 0 N–H and O–H groups in total. The molecule has 0 unspecified atom stereocenters. The third-order valence-electron chi connectivity index (χ3n) is 2.82. The van der Waals surface area contributed by atoms with Crippen LogP contribution in [0.2, 0.25) is 0 Å². The minimum atomic E-state index is -0.0518. The monoisotopic (exact) mass is 300 g/mol. The van der Waals surface area contributed by atoms with Crippen molar-refractivity contribution >= 4 is 21.8 Å². The van der Waals surface area contributed by atoms with Gasteiger partial charge in [0.15, 0.2) is 0 Å². The molecule has 1 saturated heterocycles. The molecule has 0 spiro atoms. The van der Waals surface area contributed by atoms with Gasteiger partial charge in [0, 0.05) is 23.3 Å². The minimum Gasteiger partial charge on any atom is -0.340 e. The van der Waals surface area contributed by atoms with Gasteiger partial charge in [0.25, 0.3) is 5.91 Å². The van der Waals surface area contributed by atoms with Crippen molar-refractivity contribution in [3.8, 4) is 0 Å². The Bertz CT molecular complexity index is 409. The predicted molar refractivity (Wildman–Crippen MR) is 68.7 cm³/mol. The van der Waals surface area contributed by atoms with Crippen molar-refractivity contribution in [1.82, 2.24) is 9.63 Å². The molecule has 0 aromatic carbocycles. The molecule has 0 aliphatic carbocycles. The van der Waals surface area contributed by atoms with E-state index in [1.54, 1.807) is 0 Å². The van der Waals surface area contributed by atoms with Crippen LogP contribution >= 0.6 is 15.9 Å². The Kier molecular flexibility index (Phi) is 3.89. The van der Waals surface area contributed by atoms with Crippen LogP contribution in [0, 0.1) is 0 Å². The molecule has 1 amide bonds. The highest BCUT2D eigenvalue weighted by Crippen LogP contribution is 2.21. The number of halogens is 1. The highest BCUT2D eigenvalue weighted by molar-refractivity contribution is 9.10. The van der Waals surface area contributed by atoms with Crippen LogP contribution in [-0.4, -0.2) is 28.7 Å². The average molecular weight is 301 g/mol. The molecule has 2 heterocycles. The van der Waals surface area contributed by atoms with Crippen LogP contribution in [0.15, 0.2) is 16.7 Å². The van der Waals surface area contributed by atoms with Crippen LogP contribution < -0.4 is 0 Å². The first kappa shape index (κ1) is 12.6. The number of carbonyl (C=O) groups is 1. The zero-order chi connectivity index (χ0) is 12.4. The summed E-state index contributed by atoms with van der Waals surface area (Å²) >= 11 is 3.41. The highest BCUT2D eigenvalue weighted by atomic mass is 79.9. The van der Waals surface area contributed by atoms with Gasteiger partial charge in [0.2, 0.25) is 0 Å². The molecule has 0 bridgehead atoms. The van der Waals surface area contributed by atoms with E-state index in [1.807, 2.05) is 16.8 Å². The van der Waals surface area contributed by atoms with Crippen molar-refractivity contribution in [2.24, 2.45) is 0 Å². The van der Waals surface area contributed by atoms with Crippen molar-refractivity contribution < 1.29 is 9.63 Å². The Morgan fingerprint density at radius 2 is 2.24 bits per heavy atom. The topological polar surface area (TPSA) is 34.5 Å². The van der Waals surface area contributed by atoms with E-state index in [0.717, 1.165) is 17.3 Å². The van der Waals surface area contributed by atoms with Gasteiger partial charge in [-0.15, -0.1) is 0 Å². The maximum absolute atomic E-state index is 12.3. The Hall–Kier alpha value is -0.810. The smallest absolute Gasteiger partial charge is 0.294 e. The number of carbonyl (C=O) groups excluding carboxylic acids is 1. The van der Waals surface area contributed by atoms with E-state index in [1.165, 1.54) is 5.06 Å². The highest BCUT2D eigenvalue weighted by Gasteiger charge is 2.23. The summed E-state index contributed by atoms with van der Waals surface area (Å²) in [4.78, 5) is 17.7. The number of hydrogen-bond donors (Lipinski definition) is 0. The quantitative estimate of drug-likeness (QED) is 0.841. The number of hydroxylamine groups is 2. The van der Waals surface area contributed by atoms with Crippen LogP contribution in [0.3, 0.4) is 0 Å². The number of amides is 1. The van der Waals surface area contributed by atoms with Gasteiger partial charge in [0.1, 0.15) is 5.69 Å². The Morgan fingerprint density at radius 1 is 1.47 bits per heavy atom. The summed E-state index contributed by atoms with van der Waals surface area (Å²) in [6, 6.07) is 2.10. The molecule has 1 aromatic heterocycles. The van der Waals surface area contributed by atoms with E-state index in [2.05, 4.69) is 29.8 Å². The maximum atomic E-state index is 12.3. The van der Waals surface area contributed by atoms with E-state index in [0.29, 0.717) is 18.8 Å². The second kappa shape index (κ2) is 5.23. The van der Waals surface area contributed by atoms with Gasteiger partial charge < -0.3 is 4.57 Å². The fraction of sp³-hybridized carbons (Fsp3) is 0.583. The lowest BCUT2D eigenvalue weighted by atomic mass is 10.3. The van der Waals surface area contributed by atoms with Gasteiger partial charge >= 0.3 is 0 Å². The van der Waals surface area contributed by atoms with Crippen LogP contribution in [0.25, 0.3) is 0 Å². The van der Waals surface area contributed by atoms with Crippen LogP contribution in [-0.2, 0) is 4.84 Å². The summed E-state index contributed by atoms with van der Waals surface area (Å²) in [5, 5.41) is 1.48. The lowest BCUT2D eigenvalue weighted by Crippen LogP contribution is -2.36. The molecule has 4 nitrogen and oxygen atoms in total. The van der Waals surface area contributed by atoms with Gasteiger partial charge in [-0.2, -0.15) is 0 Å². The lowest BCUT2D eigenvalue weighted by molar-refractivity contribution is -0.144.